The first-order valence-corrected chi connectivity index (χ1v) is 12.4. The van der Waals surface area contributed by atoms with Crippen molar-refractivity contribution in [2.75, 3.05) is 37.8 Å². The number of nitrogens with one attached hydrogen (secondary N) is 1. The van der Waals surface area contributed by atoms with E-state index in [9.17, 15) is 9.59 Å². The van der Waals surface area contributed by atoms with Crippen LogP contribution in [0.15, 0.2) is 71.5 Å². The number of H-pyrrole nitrogens is 1. The minimum absolute atomic E-state index is 0.160. The SMILES string of the molecule is CCOC(=O)Cc1cccc(-c2cc3cc(-c4ccc(N5CCOCC5)cc4)c(Cl)cc3[nH]c2=O)c1. The summed E-state index contributed by atoms with van der Waals surface area (Å²) in [6.07, 6.45) is 0.160. The summed E-state index contributed by atoms with van der Waals surface area (Å²) in [5.41, 5.74) is 5.58. The zero-order valence-electron chi connectivity index (χ0n) is 20.1. The van der Waals surface area contributed by atoms with Crippen molar-refractivity contribution in [1.29, 1.82) is 0 Å². The van der Waals surface area contributed by atoms with E-state index in [0.717, 1.165) is 59.6 Å². The third-order valence-electron chi connectivity index (χ3n) is 6.38. The molecule has 3 aromatic carbocycles. The summed E-state index contributed by atoms with van der Waals surface area (Å²) in [4.78, 5) is 30.1. The Kier molecular flexibility index (Phi) is 7.07. The number of aromatic nitrogens is 1. The van der Waals surface area contributed by atoms with Crippen LogP contribution in [0.3, 0.4) is 0 Å². The molecule has 36 heavy (non-hydrogen) atoms. The summed E-state index contributed by atoms with van der Waals surface area (Å²) >= 11 is 6.64. The molecule has 6 nitrogen and oxygen atoms in total. The summed E-state index contributed by atoms with van der Waals surface area (Å²) in [5.74, 6) is -0.291. The smallest absolute Gasteiger partial charge is 0.310 e. The van der Waals surface area contributed by atoms with Gasteiger partial charge in [0.2, 0.25) is 0 Å². The maximum atomic E-state index is 12.9. The van der Waals surface area contributed by atoms with Gasteiger partial charge in [0, 0.05) is 35.4 Å². The summed E-state index contributed by atoms with van der Waals surface area (Å²) in [6, 6.07) is 21.5. The molecule has 2 heterocycles. The van der Waals surface area contributed by atoms with Crippen molar-refractivity contribution < 1.29 is 14.3 Å². The molecule has 0 saturated carbocycles. The topological polar surface area (TPSA) is 71.6 Å². The lowest BCUT2D eigenvalue weighted by atomic mass is 9.99. The second-order valence-electron chi connectivity index (χ2n) is 8.76. The highest BCUT2D eigenvalue weighted by molar-refractivity contribution is 6.34. The fourth-order valence-corrected chi connectivity index (χ4v) is 4.84. The molecule has 0 unspecified atom stereocenters. The molecule has 5 rings (SSSR count). The average Bonchev–Trinajstić information content (AvgIpc) is 2.89. The molecule has 0 bridgehead atoms. The van der Waals surface area contributed by atoms with Crippen LogP contribution in [0.5, 0.6) is 0 Å². The number of morpholine rings is 1. The lowest BCUT2D eigenvalue weighted by Gasteiger charge is -2.29. The molecule has 1 aliphatic heterocycles. The number of hydrogen-bond donors (Lipinski definition) is 1. The van der Waals surface area contributed by atoms with Gasteiger partial charge in [-0.3, -0.25) is 9.59 Å². The predicted molar refractivity (Wildman–Crippen MR) is 144 cm³/mol. The monoisotopic (exact) mass is 502 g/mol. The van der Waals surface area contributed by atoms with Gasteiger partial charge in [-0.2, -0.15) is 0 Å². The van der Waals surface area contributed by atoms with E-state index in [0.29, 0.717) is 22.7 Å². The molecule has 184 valence electrons. The predicted octanol–water partition coefficient (Wildman–Crippen LogP) is 5.46. The Balaban J connectivity index is 1.48. The Labute approximate surface area is 214 Å². The van der Waals surface area contributed by atoms with Crippen LogP contribution in [0.25, 0.3) is 33.2 Å². The van der Waals surface area contributed by atoms with Gasteiger partial charge in [0.15, 0.2) is 0 Å². The Morgan fingerprint density at radius 1 is 1.00 bits per heavy atom. The maximum Gasteiger partial charge on any atom is 0.310 e. The molecule has 1 N–H and O–H groups in total. The lowest BCUT2D eigenvalue weighted by Crippen LogP contribution is -2.36. The second-order valence-corrected chi connectivity index (χ2v) is 9.17. The van der Waals surface area contributed by atoms with E-state index >= 15 is 0 Å². The van der Waals surface area contributed by atoms with Crippen LogP contribution in [0.1, 0.15) is 12.5 Å². The van der Waals surface area contributed by atoms with Gasteiger partial charge in [-0.1, -0.05) is 48.0 Å². The van der Waals surface area contributed by atoms with E-state index in [1.54, 1.807) is 13.0 Å². The van der Waals surface area contributed by atoms with Crippen molar-refractivity contribution in [3.8, 4) is 22.3 Å². The summed E-state index contributed by atoms with van der Waals surface area (Å²) in [6.45, 7) is 5.36. The number of carbonyl (C=O) groups is 1. The first kappa shape index (κ1) is 24.1. The first-order valence-electron chi connectivity index (χ1n) is 12.1. The number of benzene rings is 3. The molecular formula is C29H27ClN2O4. The quantitative estimate of drug-likeness (QED) is 0.355. The van der Waals surface area contributed by atoms with E-state index < -0.39 is 0 Å². The number of rotatable bonds is 6. The molecule has 0 amide bonds. The van der Waals surface area contributed by atoms with Crippen LogP contribution in [-0.2, 0) is 20.7 Å². The number of halogens is 1. The Morgan fingerprint density at radius 2 is 1.75 bits per heavy atom. The Bertz CT molecular complexity index is 1460. The largest absolute Gasteiger partial charge is 0.466 e. The number of nitrogens with zero attached hydrogens (tertiary/aromatic N) is 1. The van der Waals surface area contributed by atoms with E-state index in [1.807, 2.05) is 36.4 Å². The summed E-state index contributed by atoms with van der Waals surface area (Å²) in [5, 5.41) is 1.44. The molecule has 0 radical (unpaired) electrons. The molecule has 1 saturated heterocycles. The molecule has 1 aromatic heterocycles. The van der Waals surface area contributed by atoms with Crippen molar-refractivity contribution in [1.82, 2.24) is 4.98 Å². The highest BCUT2D eigenvalue weighted by Gasteiger charge is 2.14. The fourth-order valence-electron chi connectivity index (χ4n) is 4.56. The standard InChI is InChI=1S/C29H27ClN2O4/c1-2-36-28(33)15-19-4-3-5-21(14-19)25-17-22-16-24(26(30)18-27(22)31-29(25)34)20-6-8-23(9-7-20)32-10-12-35-13-11-32/h3-9,14,16-18H,2,10-13,15H2,1H3,(H,31,34). The van der Waals surface area contributed by atoms with Crippen LogP contribution in [0, 0.1) is 0 Å². The van der Waals surface area contributed by atoms with E-state index in [-0.39, 0.29) is 17.9 Å². The lowest BCUT2D eigenvalue weighted by molar-refractivity contribution is -0.142. The Morgan fingerprint density at radius 3 is 2.50 bits per heavy atom. The molecule has 0 spiro atoms. The van der Waals surface area contributed by atoms with Crippen molar-refractivity contribution in [3.63, 3.8) is 0 Å². The number of carbonyl (C=O) groups excluding carboxylic acids is 1. The van der Waals surface area contributed by atoms with Crippen molar-refractivity contribution in [2.45, 2.75) is 13.3 Å². The molecule has 1 aliphatic rings. The van der Waals surface area contributed by atoms with Gasteiger partial charge in [0.1, 0.15) is 0 Å². The van der Waals surface area contributed by atoms with Crippen LogP contribution in [0.4, 0.5) is 5.69 Å². The van der Waals surface area contributed by atoms with Gasteiger partial charge in [-0.05, 0) is 59.3 Å². The summed E-state index contributed by atoms with van der Waals surface area (Å²) < 4.78 is 10.5. The van der Waals surface area contributed by atoms with Gasteiger partial charge >= 0.3 is 5.97 Å². The van der Waals surface area contributed by atoms with Crippen molar-refractivity contribution in [2.24, 2.45) is 0 Å². The number of anilines is 1. The van der Waals surface area contributed by atoms with Crippen molar-refractivity contribution in [3.05, 3.63) is 87.7 Å². The number of fused-ring (bicyclic) bond motifs is 1. The third kappa shape index (κ3) is 5.15. The molecule has 4 aromatic rings. The van der Waals surface area contributed by atoms with Gasteiger partial charge < -0.3 is 19.4 Å². The van der Waals surface area contributed by atoms with E-state index in [2.05, 4.69) is 34.1 Å². The molecule has 0 atom stereocenters. The number of esters is 1. The average molecular weight is 503 g/mol. The first-order chi connectivity index (χ1) is 17.5. The van der Waals surface area contributed by atoms with E-state index in [1.165, 1.54) is 0 Å². The number of pyridine rings is 1. The number of ether oxygens (including phenoxy) is 2. The molecule has 0 aliphatic carbocycles. The van der Waals surface area contributed by atoms with E-state index in [4.69, 9.17) is 21.1 Å². The molecule has 7 heteroatoms. The normalized spacial score (nSPS) is 13.7. The molecule has 1 fully saturated rings. The third-order valence-corrected chi connectivity index (χ3v) is 6.69. The highest BCUT2D eigenvalue weighted by Crippen LogP contribution is 2.33. The number of aromatic amines is 1. The van der Waals surface area contributed by atoms with Gasteiger partial charge in [0.05, 0.1) is 31.3 Å². The van der Waals surface area contributed by atoms with Crippen molar-refractivity contribution >= 4 is 34.2 Å². The van der Waals surface area contributed by atoms with Gasteiger partial charge in [-0.15, -0.1) is 0 Å². The number of hydrogen-bond acceptors (Lipinski definition) is 5. The van der Waals surface area contributed by atoms with Crippen LogP contribution >= 0.6 is 11.6 Å². The van der Waals surface area contributed by atoms with Gasteiger partial charge in [-0.25, -0.2) is 0 Å². The second kappa shape index (κ2) is 10.6. The maximum absolute atomic E-state index is 12.9. The van der Waals surface area contributed by atoms with Crippen LogP contribution in [-0.4, -0.2) is 43.9 Å². The summed E-state index contributed by atoms with van der Waals surface area (Å²) in [7, 11) is 0. The van der Waals surface area contributed by atoms with Gasteiger partial charge in [0.25, 0.3) is 5.56 Å². The minimum Gasteiger partial charge on any atom is -0.466 e. The molecular weight excluding hydrogens is 476 g/mol. The fraction of sp³-hybridized carbons (Fsp3) is 0.241. The Hall–Kier alpha value is -3.61. The zero-order valence-corrected chi connectivity index (χ0v) is 20.8. The van der Waals surface area contributed by atoms with Crippen LogP contribution in [0.2, 0.25) is 5.02 Å². The zero-order chi connectivity index (χ0) is 25.1. The van der Waals surface area contributed by atoms with Crippen LogP contribution < -0.4 is 10.5 Å². The highest BCUT2D eigenvalue weighted by atomic mass is 35.5. The minimum atomic E-state index is -0.291.